The van der Waals surface area contributed by atoms with E-state index in [0.29, 0.717) is 12.2 Å². The van der Waals surface area contributed by atoms with Crippen molar-refractivity contribution >= 4 is 18.0 Å². The van der Waals surface area contributed by atoms with E-state index in [1.165, 1.54) is 4.90 Å². The fourth-order valence-electron chi connectivity index (χ4n) is 3.08. The Kier molecular flexibility index (Phi) is 4.35. The number of methoxy groups -OCH3 is 1. The summed E-state index contributed by atoms with van der Waals surface area (Å²) >= 11 is 0. The number of nitrogens with one attached hydrogen (secondary N) is 1. The molecule has 25 heavy (non-hydrogen) atoms. The maximum absolute atomic E-state index is 12.2. The van der Waals surface area contributed by atoms with Crippen LogP contribution in [0.5, 0.6) is 5.75 Å². The highest BCUT2D eigenvalue weighted by atomic mass is 16.5. The molecule has 0 radical (unpaired) electrons. The van der Waals surface area contributed by atoms with Gasteiger partial charge in [-0.05, 0) is 62.7 Å². The Morgan fingerprint density at radius 3 is 2.40 bits per heavy atom. The molecule has 0 bridgehead atoms. The number of amides is 3. The first-order valence-electron chi connectivity index (χ1n) is 8.14. The first-order chi connectivity index (χ1) is 12.0. The van der Waals surface area contributed by atoms with Gasteiger partial charge in [0.25, 0.3) is 5.91 Å². The molecule has 1 aromatic heterocycles. The normalized spacial score (nSPS) is 15.8. The molecule has 130 valence electrons. The smallest absolute Gasteiger partial charge is 0.328 e. The molecule has 1 fully saturated rings. The molecule has 0 unspecified atom stereocenters. The molecule has 1 saturated heterocycles. The van der Waals surface area contributed by atoms with Gasteiger partial charge in [-0.25, -0.2) is 4.79 Å². The van der Waals surface area contributed by atoms with Crippen LogP contribution in [0.4, 0.5) is 4.79 Å². The summed E-state index contributed by atoms with van der Waals surface area (Å²) in [5.41, 5.74) is 4.25. The van der Waals surface area contributed by atoms with Crippen molar-refractivity contribution in [2.75, 3.05) is 13.7 Å². The zero-order chi connectivity index (χ0) is 18.1. The highest BCUT2D eigenvalue weighted by molar-refractivity contribution is 6.14. The van der Waals surface area contributed by atoms with Gasteiger partial charge in [0.1, 0.15) is 11.4 Å². The van der Waals surface area contributed by atoms with Gasteiger partial charge in [-0.1, -0.05) is 0 Å². The number of benzene rings is 1. The number of aromatic nitrogens is 1. The fraction of sp³-hybridized carbons (Fsp3) is 0.263. The van der Waals surface area contributed by atoms with Crippen LogP contribution in [0.3, 0.4) is 0 Å². The third-order valence-corrected chi connectivity index (χ3v) is 4.38. The first-order valence-corrected chi connectivity index (χ1v) is 8.14. The molecule has 1 N–H and O–H groups in total. The van der Waals surface area contributed by atoms with E-state index in [4.69, 9.17) is 4.74 Å². The van der Waals surface area contributed by atoms with E-state index in [2.05, 4.69) is 9.88 Å². The van der Waals surface area contributed by atoms with Gasteiger partial charge in [-0.3, -0.25) is 9.69 Å². The van der Waals surface area contributed by atoms with Crippen LogP contribution >= 0.6 is 0 Å². The molecule has 3 amide bonds. The molecule has 2 aromatic rings. The van der Waals surface area contributed by atoms with Crippen molar-refractivity contribution in [3.8, 4) is 11.4 Å². The summed E-state index contributed by atoms with van der Waals surface area (Å²) in [6.07, 6.45) is 1.73. The topological polar surface area (TPSA) is 63.6 Å². The second-order valence-electron chi connectivity index (χ2n) is 5.90. The summed E-state index contributed by atoms with van der Waals surface area (Å²) in [5.74, 6) is 0.509. The average Bonchev–Trinajstić information content (AvgIpc) is 3.03. The standard InChI is InChI=1S/C19H21N3O3/c1-5-21-18(23)17(20-19(21)24)11-14-10-12(2)22(13(14)3)15-6-8-16(25-4)9-7-15/h6-11H,5H2,1-4H3,(H,20,24)/b17-11+. The number of likely N-dealkylation sites (N-methyl/N-ethyl adjacent to an activating group) is 1. The van der Waals surface area contributed by atoms with E-state index >= 15 is 0 Å². The Morgan fingerprint density at radius 2 is 1.84 bits per heavy atom. The highest BCUT2D eigenvalue weighted by Crippen LogP contribution is 2.25. The number of rotatable bonds is 4. The van der Waals surface area contributed by atoms with Crippen LogP contribution in [0, 0.1) is 13.8 Å². The van der Waals surface area contributed by atoms with E-state index in [1.807, 2.05) is 44.2 Å². The van der Waals surface area contributed by atoms with Crippen LogP contribution in [-0.2, 0) is 4.79 Å². The van der Waals surface area contributed by atoms with Crippen molar-refractivity contribution in [2.45, 2.75) is 20.8 Å². The Labute approximate surface area is 146 Å². The zero-order valence-electron chi connectivity index (χ0n) is 14.8. The maximum Gasteiger partial charge on any atom is 0.328 e. The summed E-state index contributed by atoms with van der Waals surface area (Å²) < 4.78 is 7.30. The number of urea groups is 1. The number of hydrogen-bond acceptors (Lipinski definition) is 3. The number of carbonyl (C=O) groups excluding carboxylic acids is 2. The molecular formula is C19H21N3O3. The van der Waals surface area contributed by atoms with E-state index in [0.717, 1.165) is 28.4 Å². The monoisotopic (exact) mass is 339 g/mol. The molecule has 1 aromatic carbocycles. The van der Waals surface area contributed by atoms with Crippen molar-refractivity contribution in [1.29, 1.82) is 0 Å². The molecule has 3 rings (SSSR count). The first kappa shape index (κ1) is 16.8. The van der Waals surface area contributed by atoms with Crippen molar-refractivity contribution in [2.24, 2.45) is 0 Å². The average molecular weight is 339 g/mol. The Morgan fingerprint density at radius 1 is 1.16 bits per heavy atom. The van der Waals surface area contributed by atoms with E-state index in [1.54, 1.807) is 20.1 Å². The van der Waals surface area contributed by atoms with Gasteiger partial charge in [-0.2, -0.15) is 0 Å². The second-order valence-corrected chi connectivity index (χ2v) is 5.90. The lowest BCUT2D eigenvalue weighted by molar-refractivity contribution is -0.122. The predicted octanol–water partition coefficient (Wildman–Crippen LogP) is 3.02. The van der Waals surface area contributed by atoms with Crippen molar-refractivity contribution in [3.63, 3.8) is 0 Å². The molecule has 0 atom stereocenters. The van der Waals surface area contributed by atoms with Crippen molar-refractivity contribution in [3.05, 3.63) is 53.0 Å². The molecular weight excluding hydrogens is 318 g/mol. The third kappa shape index (κ3) is 2.91. The number of aryl methyl sites for hydroxylation is 1. The fourth-order valence-corrected chi connectivity index (χ4v) is 3.08. The van der Waals surface area contributed by atoms with E-state index < -0.39 is 0 Å². The zero-order valence-corrected chi connectivity index (χ0v) is 14.8. The molecule has 6 nitrogen and oxygen atoms in total. The quantitative estimate of drug-likeness (QED) is 0.688. The molecule has 6 heteroatoms. The molecule has 0 spiro atoms. The molecule has 0 aliphatic carbocycles. The summed E-state index contributed by atoms with van der Waals surface area (Å²) in [4.78, 5) is 25.2. The van der Waals surface area contributed by atoms with Gasteiger partial charge < -0.3 is 14.6 Å². The Balaban J connectivity index is 1.99. The van der Waals surface area contributed by atoms with Crippen LogP contribution in [0.1, 0.15) is 23.9 Å². The number of carbonyl (C=O) groups is 2. The van der Waals surface area contributed by atoms with Gasteiger partial charge in [0.05, 0.1) is 7.11 Å². The van der Waals surface area contributed by atoms with Crippen LogP contribution in [-0.4, -0.2) is 35.1 Å². The lowest BCUT2D eigenvalue weighted by Crippen LogP contribution is -2.30. The summed E-state index contributed by atoms with van der Waals surface area (Å²) in [7, 11) is 1.64. The summed E-state index contributed by atoms with van der Waals surface area (Å²) in [6.45, 7) is 6.12. The minimum Gasteiger partial charge on any atom is -0.497 e. The van der Waals surface area contributed by atoms with Crippen LogP contribution in [0.2, 0.25) is 0 Å². The summed E-state index contributed by atoms with van der Waals surface area (Å²) in [6, 6.07) is 9.41. The third-order valence-electron chi connectivity index (χ3n) is 4.38. The number of ether oxygens (including phenoxy) is 1. The second kappa shape index (κ2) is 6.47. The number of nitrogens with zero attached hydrogens (tertiary/aromatic N) is 2. The highest BCUT2D eigenvalue weighted by Gasteiger charge is 2.32. The van der Waals surface area contributed by atoms with Gasteiger partial charge >= 0.3 is 6.03 Å². The number of imide groups is 1. The van der Waals surface area contributed by atoms with Crippen LogP contribution in [0.15, 0.2) is 36.0 Å². The predicted molar refractivity (Wildman–Crippen MR) is 95.7 cm³/mol. The van der Waals surface area contributed by atoms with E-state index in [9.17, 15) is 9.59 Å². The van der Waals surface area contributed by atoms with Crippen molar-refractivity contribution < 1.29 is 14.3 Å². The van der Waals surface area contributed by atoms with Crippen molar-refractivity contribution in [1.82, 2.24) is 14.8 Å². The molecule has 2 heterocycles. The van der Waals surface area contributed by atoms with Crippen LogP contribution in [0.25, 0.3) is 11.8 Å². The lowest BCUT2D eigenvalue weighted by atomic mass is 10.2. The Bertz CT molecular complexity index is 863. The maximum atomic E-state index is 12.2. The van der Waals surface area contributed by atoms with Gasteiger partial charge in [-0.15, -0.1) is 0 Å². The van der Waals surface area contributed by atoms with E-state index in [-0.39, 0.29) is 11.9 Å². The lowest BCUT2D eigenvalue weighted by Gasteiger charge is -2.10. The molecule has 1 aliphatic heterocycles. The Hall–Kier alpha value is -3.02. The van der Waals surface area contributed by atoms with Gasteiger partial charge in [0.15, 0.2) is 0 Å². The SMILES string of the molecule is CCN1C(=O)N/C(=C/c2cc(C)n(-c3ccc(OC)cc3)c2C)C1=O. The molecule has 0 saturated carbocycles. The summed E-state index contributed by atoms with van der Waals surface area (Å²) in [5, 5.41) is 2.64. The van der Waals surface area contributed by atoms with Gasteiger partial charge in [0.2, 0.25) is 0 Å². The van der Waals surface area contributed by atoms with Crippen LogP contribution < -0.4 is 10.1 Å². The van der Waals surface area contributed by atoms with Gasteiger partial charge in [0, 0.05) is 23.6 Å². The minimum absolute atomic E-state index is 0.290. The minimum atomic E-state index is -0.372. The number of hydrogen-bond donors (Lipinski definition) is 1. The largest absolute Gasteiger partial charge is 0.497 e. The molecule has 1 aliphatic rings.